The Bertz CT molecular complexity index is 737. The van der Waals surface area contributed by atoms with Gasteiger partial charge in [0.15, 0.2) is 0 Å². The van der Waals surface area contributed by atoms with Gasteiger partial charge in [-0.25, -0.2) is 0 Å². The van der Waals surface area contributed by atoms with Gasteiger partial charge < -0.3 is 9.74 Å². The molecule has 0 aromatic carbocycles. The molecule has 0 spiro atoms. The summed E-state index contributed by atoms with van der Waals surface area (Å²) in [5, 5.41) is 4.09. The molecule has 29 heavy (non-hydrogen) atoms. The van der Waals surface area contributed by atoms with E-state index < -0.39 is 0 Å². The van der Waals surface area contributed by atoms with E-state index in [1.807, 2.05) is 20.3 Å². The highest BCUT2D eigenvalue weighted by atomic mass is 16.6. The van der Waals surface area contributed by atoms with E-state index in [0.717, 1.165) is 44.1 Å². The highest BCUT2D eigenvalue weighted by molar-refractivity contribution is 5.87. The van der Waals surface area contributed by atoms with Gasteiger partial charge in [0.2, 0.25) is 0 Å². The third kappa shape index (κ3) is 3.73. The number of likely N-dealkylation sites (N-methyl/N-ethyl adjacent to an activating group) is 1. The summed E-state index contributed by atoms with van der Waals surface area (Å²) < 4.78 is 0. The third-order valence-corrected chi connectivity index (χ3v) is 8.79. The molecule has 3 saturated carbocycles. The fourth-order valence-electron chi connectivity index (χ4n) is 6.96. The quantitative estimate of drug-likeness (QED) is 0.371. The molecule has 4 aliphatic carbocycles. The SMILES string of the molecule is CN(C)CCON=C/C=C1/C=C2CCC3C(CC[C@]4(C)C(=O)CCC34)[C@@]2(C)CC1. The monoisotopic (exact) mass is 398 g/mol. The minimum absolute atomic E-state index is 0.0124. The molecular formula is C25H38N2O2. The van der Waals surface area contributed by atoms with Gasteiger partial charge in [0, 0.05) is 18.4 Å². The summed E-state index contributed by atoms with van der Waals surface area (Å²) in [4.78, 5) is 20.0. The molecule has 3 unspecified atom stereocenters. The normalized spacial score (nSPS) is 40.7. The Morgan fingerprint density at radius 3 is 2.69 bits per heavy atom. The second kappa shape index (κ2) is 8.02. The van der Waals surface area contributed by atoms with Crippen molar-refractivity contribution in [2.24, 2.45) is 33.7 Å². The number of allylic oxidation sites excluding steroid dienone is 4. The molecule has 3 fully saturated rings. The van der Waals surface area contributed by atoms with Crippen molar-refractivity contribution in [2.75, 3.05) is 27.2 Å². The minimum Gasteiger partial charge on any atom is -0.394 e. The number of rotatable bonds is 5. The van der Waals surface area contributed by atoms with Crippen LogP contribution in [0.2, 0.25) is 0 Å². The van der Waals surface area contributed by atoms with Crippen molar-refractivity contribution in [3.05, 3.63) is 23.3 Å². The van der Waals surface area contributed by atoms with Gasteiger partial charge in [-0.3, -0.25) is 4.79 Å². The van der Waals surface area contributed by atoms with Crippen molar-refractivity contribution in [1.29, 1.82) is 0 Å². The molecule has 0 bridgehead atoms. The van der Waals surface area contributed by atoms with Crippen LogP contribution in [-0.4, -0.2) is 44.1 Å². The van der Waals surface area contributed by atoms with Crippen LogP contribution in [-0.2, 0) is 9.63 Å². The standard InChI is InChI=1S/C25H38N2O2/c1-24-12-9-18(11-14-26-29-16-15-27(3)4)17-19(24)5-6-20-21-7-8-23(28)25(21,2)13-10-22(20)24/h11,14,17,20-22H,5-10,12-13,15-16H2,1-4H3/b18-11+,26-14?/t20?,21?,22?,24-,25-/m0/s1. The van der Waals surface area contributed by atoms with Gasteiger partial charge in [0.25, 0.3) is 0 Å². The van der Waals surface area contributed by atoms with Crippen LogP contribution in [0.4, 0.5) is 0 Å². The molecule has 0 saturated heterocycles. The summed E-state index contributed by atoms with van der Waals surface area (Å²) >= 11 is 0. The van der Waals surface area contributed by atoms with Gasteiger partial charge in [-0.15, -0.1) is 0 Å². The third-order valence-electron chi connectivity index (χ3n) is 8.79. The minimum atomic E-state index is -0.0124. The lowest BCUT2D eigenvalue weighted by Crippen LogP contribution is -2.50. The van der Waals surface area contributed by atoms with Crippen LogP contribution >= 0.6 is 0 Å². The Morgan fingerprint density at radius 1 is 1.10 bits per heavy atom. The van der Waals surface area contributed by atoms with E-state index in [2.05, 4.69) is 36.1 Å². The van der Waals surface area contributed by atoms with Gasteiger partial charge in [-0.2, -0.15) is 0 Å². The molecule has 0 radical (unpaired) electrons. The first-order chi connectivity index (χ1) is 13.8. The van der Waals surface area contributed by atoms with E-state index >= 15 is 0 Å². The number of fused-ring (bicyclic) bond motifs is 5. The van der Waals surface area contributed by atoms with Crippen LogP contribution in [0.1, 0.15) is 65.2 Å². The largest absolute Gasteiger partial charge is 0.394 e. The van der Waals surface area contributed by atoms with E-state index in [-0.39, 0.29) is 5.41 Å². The molecule has 4 aliphatic rings. The highest BCUT2D eigenvalue weighted by Crippen LogP contribution is 2.64. The molecule has 0 aromatic heterocycles. The van der Waals surface area contributed by atoms with Crippen LogP contribution in [0.3, 0.4) is 0 Å². The maximum Gasteiger partial charge on any atom is 0.139 e. The predicted octanol–water partition coefficient (Wildman–Crippen LogP) is 5.01. The fraction of sp³-hybridized carbons (Fsp3) is 0.760. The number of Topliss-reactive ketones (excluding diaryl/α,β-unsaturated/α-hetero) is 1. The predicted molar refractivity (Wildman–Crippen MR) is 118 cm³/mol. The van der Waals surface area contributed by atoms with Gasteiger partial charge in [-0.05, 0) is 93.9 Å². The van der Waals surface area contributed by atoms with Crippen molar-refractivity contribution in [1.82, 2.24) is 4.90 Å². The van der Waals surface area contributed by atoms with E-state index in [1.165, 1.54) is 31.3 Å². The Labute approximate surface area is 176 Å². The molecule has 0 aliphatic heterocycles. The second-order valence-electron chi connectivity index (χ2n) is 10.6. The summed E-state index contributed by atoms with van der Waals surface area (Å²) in [6, 6.07) is 0. The fourth-order valence-corrected chi connectivity index (χ4v) is 6.96. The van der Waals surface area contributed by atoms with Crippen LogP contribution < -0.4 is 0 Å². The van der Waals surface area contributed by atoms with Crippen LogP contribution in [0, 0.1) is 28.6 Å². The highest BCUT2D eigenvalue weighted by Gasteiger charge is 2.58. The van der Waals surface area contributed by atoms with Crippen molar-refractivity contribution in [3.8, 4) is 0 Å². The lowest BCUT2D eigenvalue weighted by atomic mass is 9.47. The maximum absolute atomic E-state index is 12.6. The number of nitrogens with zero attached hydrogens (tertiary/aromatic N) is 2. The Hall–Kier alpha value is -1.42. The molecule has 0 heterocycles. The average Bonchev–Trinajstić information content (AvgIpc) is 2.99. The van der Waals surface area contributed by atoms with Gasteiger partial charge in [0.1, 0.15) is 12.4 Å². The van der Waals surface area contributed by atoms with Gasteiger partial charge >= 0.3 is 0 Å². The molecule has 160 valence electrons. The summed E-state index contributed by atoms with van der Waals surface area (Å²) in [7, 11) is 4.07. The lowest BCUT2D eigenvalue weighted by molar-refractivity contribution is -0.132. The zero-order chi connectivity index (χ0) is 20.6. The first kappa shape index (κ1) is 20.8. The zero-order valence-corrected chi connectivity index (χ0v) is 18.7. The molecule has 4 rings (SSSR count). The number of hydrogen-bond donors (Lipinski definition) is 0. The second-order valence-corrected chi connectivity index (χ2v) is 10.6. The van der Waals surface area contributed by atoms with Crippen molar-refractivity contribution < 1.29 is 9.63 Å². The summed E-state index contributed by atoms with van der Waals surface area (Å²) in [6.45, 7) is 6.30. The number of carbonyl (C=O) groups is 1. The topological polar surface area (TPSA) is 41.9 Å². The summed E-state index contributed by atoms with van der Waals surface area (Å²) in [5.41, 5.74) is 3.34. The van der Waals surface area contributed by atoms with Gasteiger partial charge in [-0.1, -0.05) is 30.7 Å². The zero-order valence-electron chi connectivity index (χ0n) is 18.7. The lowest BCUT2D eigenvalue weighted by Gasteiger charge is -2.57. The first-order valence-corrected chi connectivity index (χ1v) is 11.6. The van der Waals surface area contributed by atoms with E-state index in [4.69, 9.17) is 4.84 Å². The summed E-state index contributed by atoms with van der Waals surface area (Å²) in [5.74, 6) is 2.69. The van der Waals surface area contributed by atoms with E-state index in [9.17, 15) is 4.79 Å². The average molecular weight is 399 g/mol. The Kier molecular flexibility index (Phi) is 5.76. The summed E-state index contributed by atoms with van der Waals surface area (Å²) in [6.07, 6.45) is 15.5. The van der Waals surface area contributed by atoms with Crippen molar-refractivity contribution >= 4 is 12.0 Å². The molecule has 5 atom stereocenters. The number of oxime groups is 1. The molecular weight excluding hydrogens is 360 g/mol. The van der Waals surface area contributed by atoms with Crippen LogP contribution in [0.15, 0.2) is 28.5 Å². The van der Waals surface area contributed by atoms with Crippen molar-refractivity contribution in [3.63, 3.8) is 0 Å². The number of ketones is 1. The first-order valence-electron chi connectivity index (χ1n) is 11.6. The number of carbonyl (C=O) groups excluding carboxylic acids is 1. The van der Waals surface area contributed by atoms with Gasteiger partial charge in [0.05, 0.1) is 6.21 Å². The van der Waals surface area contributed by atoms with E-state index in [0.29, 0.717) is 23.7 Å². The molecule has 0 amide bonds. The maximum atomic E-state index is 12.6. The smallest absolute Gasteiger partial charge is 0.139 e. The molecule has 0 aromatic rings. The molecule has 4 nitrogen and oxygen atoms in total. The van der Waals surface area contributed by atoms with Crippen LogP contribution in [0.25, 0.3) is 0 Å². The Morgan fingerprint density at radius 2 is 1.90 bits per heavy atom. The van der Waals surface area contributed by atoms with E-state index in [1.54, 1.807) is 5.57 Å². The molecule has 4 heteroatoms. The van der Waals surface area contributed by atoms with Crippen LogP contribution in [0.5, 0.6) is 0 Å². The van der Waals surface area contributed by atoms with Crippen molar-refractivity contribution in [2.45, 2.75) is 65.2 Å². The Balaban J connectivity index is 1.44. The number of hydrogen-bond acceptors (Lipinski definition) is 4. The molecule has 0 N–H and O–H groups in total.